The molecular formula is C6H11BrMgO4. The lowest BCUT2D eigenvalue weighted by Crippen LogP contribution is -2.36. The molecule has 4 nitrogen and oxygen atoms in total. The minimum Gasteiger partial charge on any atom is -0.488 e. The smallest absolute Gasteiger partial charge is 0.488 e. The van der Waals surface area contributed by atoms with Gasteiger partial charge in [-0.15, -0.1) is 0 Å². The topological polar surface area (TPSA) is 66.8 Å². The summed E-state index contributed by atoms with van der Waals surface area (Å²) in [4.78, 5) is 10.8. The van der Waals surface area contributed by atoms with Gasteiger partial charge in [0.1, 0.15) is 0 Å². The summed E-state index contributed by atoms with van der Waals surface area (Å²) in [7, 11) is 0. The average Bonchev–Trinajstić information content (AvgIpc) is 2.12. The van der Waals surface area contributed by atoms with E-state index in [2.05, 4.69) is 12.9 Å². The Bertz CT molecular complexity index is 144. The van der Waals surface area contributed by atoms with Crippen LogP contribution in [0.4, 0.5) is 0 Å². The largest absolute Gasteiger partial charge is 0.531 e. The lowest BCUT2D eigenvalue weighted by Gasteiger charge is -2.19. The van der Waals surface area contributed by atoms with Gasteiger partial charge in [0.05, 0.1) is 12.7 Å². The molecule has 0 spiro atoms. The Kier molecular flexibility index (Phi) is 7.45. The van der Waals surface area contributed by atoms with Gasteiger partial charge < -0.3 is 14.9 Å². The van der Waals surface area contributed by atoms with Crippen molar-refractivity contribution in [2.45, 2.75) is 23.7 Å². The maximum absolute atomic E-state index is 10.8. The monoisotopic (exact) mass is 250 g/mol. The summed E-state index contributed by atoms with van der Waals surface area (Å²) in [5.41, 5.74) is 0. The first-order valence-corrected chi connectivity index (χ1v) is 8.41. The standard InChI is InChI=1S/C6H11O4.BrH.Mg/c1-2-6(9)10-4-5(8)3-7;;/h4-5,7-8H,2-3H2,1H3;1H;/q;;+1/p-1. The van der Waals surface area contributed by atoms with Crippen molar-refractivity contribution in [3.8, 4) is 0 Å². The first kappa shape index (κ1) is 12.6. The Balaban J connectivity index is 3.90. The van der Waals surface area contributed by atoms with Crippen LogP contribution in [0, 0.1) is 0 Å². The molecule has 0 saturated carbocycles. The summed E-state index contributed by atoms with van der Waals surface area (Å²) >= 11 is 2.38. The molecule has 0 aliphatic carbocycles. The molecule has 0 aromatic rings. The molecule has 0 aliphatic heterocycles. The molecule has 0 aliphatic rings. The molecule has 0 heterocycles. The SMILES string of the molecule is CCC(=O)O[CH]([Mg][Br])C(O)CO. The third-order valence-electron chi connectivity index (χ3n) is 1.34. The van der Waals surface area contributed by atoms with Gasteiger partial charge in [0, 0.05) is 10.7 Å². The quantitative estimate of drug-likeness (QED) is 0.517. The highest BCUT2D eigenvalue weighted by atomic mass is 79.9. The van der Waals surface area contributed by atoms with E-state index in [1.807, 2.05) is 0 Å². The number of carbonyl (C=O) groups is 1. The van der Waals surface area contributed by atoms with E-state index in [-0.39, 0.29) is 19.0 Å². The predicted molar refractivity (Wildman–Crippen MR) is 47.9 cm³/mol. The second kappa shape index (κ2) is 7.08. The second-order valence-electron chi connectivity index (χ2n) is 2.29. The van der Waals surface area contributed by atoms with Crippen molar-refractivity contribution in [3.63, 3.8) is 0 Å². The number of hydrogen-bond donors (Lipinski definition) is 2. The van der Waals surface area contributed by atoms with Crippen molar-refractivity contribution < 1.29 is 19.7 Å². The molecule has 0 aromatic carbocycles. The zero-order chi connectivity index (χ0) is 9.56. The van der Waals surface area contributed by atoms with Crippen LogP contribution in [0.3, 0.4) is 0 Å². The van der Waals surface area contributed by atoms with Gasteiger partial charge in [-0.25, -0.2) is 0 Å². The van der Waals surface area contributed by atoms with Crippen LogP contribution < -0.4 is 0 Å². The van der Waals surface area contributed by atoms with Crippen LogP contribution in [0.15, 0.2) is 0 Å². The van der Waals surface area contributed by atoms with Gasteiger partial charge in [-0.2, -0.15) is 0 Å². The summed E-state index contributed by atoms with van der Waals surface area (Å²) in [6, 6.07) is 0. The Hall–Kier alpha value is 0.636. The van der Waals surface area contributed by atoms with Gasteiger partial charge in [-0.3, -0.25) is 17.7 Å². The number of esters is 1. The van der Waals surface area contributed by atoms with Gasteiger partial charge >= 0.3 is 24.2 Å². The minimum atomic E-state index is -0.952. The van der Waals surface area contributed by atoms with E-state index in [1.54, 1.807) is 6.92 Å². The van der Waals surface area contributed by atoms with E-state index in [0.29, 0.717) is 0 Å². The molecule has 0 saturated heterocycles. The minimum absolute atomic E-state index is 0.288. The molecule has 0 rings (SSSR count). The van der Waals surface area contributed by atoms with Crippen molar-refractivity contribution in [2.75, 3.05) is 6.61 Å². The Labute approximate surface area is 86.9 Å². The van der Waals surface area contributed by atoms with Crippen molar-refractivity contribution in [1.82, 2.24) is 0 Å². The summed E-state index contributed by atoms with van der Waals surface area (Å²) in [6.45, 7) is 1.31. The molecule has 6 heteroatoms. The van der Waals surface area contributed by atoms with Crippen molar-refractivity contribution in [3.05, 3.63) is 0 Å². The highest BCUT2D eigenvalue weighted by molar-refractivity contribution is 9.23. The van der Waals surface area contributed by atoms with Gasteiger partial charge in [0.25, 0.3) is 0 Å². The predicted octanol–water partition coefficient (Wildman–Crippen LogP) is -0.367. The number of aliphatic hydroxyl groups is 2. The van der Waals surface area contributed by atoms with E-state index in [0.717, 1.165) is 0 Å². The fourth-order valence-electron chi connectivity index (χ4n) is 0.583. The van der Waals surface area contributed by atoms with E-state index < -0.39 is 28.5 Å². The van der Waals surface area contributed by atoms with Crippen LogP contribution in [-0.4, -0.2) is 51.3 Å². The molecule has 2 unspecified atom stereocenters. The van der Waals surface area contributed by atoms with Gasteiger partial charge in [-0.05, 0) is 0 Å². The highest BCUT2D eigenvalue weighted by Gasteiger charge is 2.22. The molecule has 2 atom stereocenters. The molecule has 12 heavy (non-hydrogen) atoms. The molecule has 0 amide bonds. The summed E-state index contributed by atoms with van der Waals surface area (Å²) < 4.78 is 4.34. The van der Waals surface area contributed by atoms with E-state index in [9.17, 15) is 4.79 Å². The van der Waals surface area contributed by atoms with Crippen LogP contribution in [-0.2, 0) is 9.53 Å². The maximum atomic E-state index is 10.8. The van der Waals surface area contributed by atoms with Crippen LogP contribution in [0.1, 0.15) is 13.3 Å². The number of rotatable bonds is 5. The Morgan fingerprint density at radius 3 is 2.67 bits per heavy atom. The fourth-order valence-corrected chi connectivity index (χ4v) is 2.88. The van der Waals surface area contributed by atoms with Crippen molar-refractivity contribution in [2.24, 2.45) is 0 Å². The van der Waals surface area contributed by atoms with Gasteiger partial charge in [0.15, 0.2) is 0 Å². The second-order valence-corrected chi connectivity index (χ2v) is 5.34. The Morgan fingerprint density at radius 2 is 2.33 bits per heavy atom. The summed E-state index contributed by atoms with van der Waals surface area (Å²) in [5, 5.41) is 17.7. The lowest BCUT2D eigenvalue weighted by atomic mass is 10.4. The number of carbonyl (C=O) groups excluding carboxylic acids is 1. The fraction of sp³-hybridized carbons (Fsp3) is 0.833. The molecule has 0 fully saturated rings. The number of aliphatic hydroxyl groups excluding tert-OH is 2. The van der Waals surface area contributed by atoms with E-state index >= 15 is 0 Å². The third kappa shape index (κ3) is 4.61. The molecule has 68 valence electrons. The van der Waals surface area contributed by atoms with Crippen molar-refractivity contribution in [1.29, 1.82) is 0 Å². The third-order valence-corrected chi connectivity index (χ3v) is 4.27. The first-order valence-electron chi connectivity index (χ1n) is 3.70. The van der Waals surface area contributed by atoms with Gasteiger partial charge in [-0.1, -0.05) is 6.92 Å². The summed E-state index contributed by atoms with van der Waals surface area (Å²) in [6.07, 6.45) is -0.665. The first-order chi connectivity index (χ1) is 5.65. The van der Waals surface area contributed by atoms with Crippen LogP contribution in [0.25, 0.3) is 0 Å². The molecule has 0 aromatic heterocycles. The van der Waals surface area contributed by atoms with E-state index in [1.165, 1.54) is 0 Å². The van der Waals surface area contributed by atoms with Crippen LogP contribution in [0.5, 0.6) is 0 Å². The molecule has 2 N–H and O–H groups in total. The number of hydrogen-bond acceptors (Lipinski definition) is 4. The van der Waals surface area contributed by atoms with Gasteiger partial charge in [0.2, 0.25) is 0 Å². The lowest BCUT2D eigenvalue weighted by molar-refractivity contribution is -0.149. The zero-order valence-corrected chi connectivity index (χ0v) is 9.87. The average molecular weight is 251 g/mol. The van der Waals surface area contributed by atoms with Crippen molar-refractivity contribution >= 4 is 37.0 Å². The molecule has 0 bridgehead atoms. The maximum Gasteiger partial charge on any atom is 0.531 e. The van der Waals surface area contributed by atoms with Crippen LogP contribution >= 0.6 is 12.9 Å². The summed E-state index contributed by atoms with van der Waals surface area (Å²) in [5.74, 6) is -0.348. The van der Waals surface area contributed by atoms with Crippen LogP contribution in [0.2, 0.25) is 0 Å². The molecule has 0 radical (unpaired) electrons. The Morgan fingerprint density at radius 1 is 1.75 bits per heavy atom. The zero-order valence-electron chi connectivity index (χ0n) is 6.86. The normalized spacial score (nSPS) is 14.7. The molecular weight excluding hydrogens is 240 g/mol. The highest BCUT2D eigenvalue weighted by Crippen LogP contribution is 2.02. The van der Waals surface area contributed by atoms with E-state index in [4.69, 9.17) is 14.9 Å². The number of halogens is 1. The number of ether oxygens (including phenoxy) is 1.